The molecule has 0 saturated carbocycles. The summed E-state index contributed by atoms with van der Waals surface area (Å²) in [5.74, 6) is -1.32. The van der Waals surface area contributed by atoms with Crippen LogP contribution in [0.25, 0.3) is 0 Å². The molecule has 0 atom stereocenters. The lowest BCUT2D eigenvalue weighted by molar-refractivity contribution is 0.0691. The van der Waals surface area contributed by atoms with Gasteiger partial charge in [0.15, 0.2) is 0 Å². The Kier molecular flexibility index (Phi) is 3.93. The molecule has 2 N–H and O–H groups in total. The van der Waals surface area contributed by atoms with Crippen LogP contribution in [0.1, 0.15) is 21.6 Å². The SMILES string of the molecule is Cc1[nH]nc(S(=O)(=O)N(C)Cc2ccsc2)c1C(=O)O. The van der Waals surface area contributed by atoms with Gasteiger partial charge in [-0.15, -0.1) is 0 Å². The Hall–Kier alpha value is -1.71. The van der Waals surface area contributed by atoms with Crippen LogP contribution in [0, 0.1) is 6.92 Å². The number of carboxylic acid groups (broad SMARTS) is 1. The quantitative estimate of drug-likeness (QED) is 0.865. The summed E-state index contributed by atoms with van der Waals surface area (Å²) in [6, 6.07) is 1.81. The number of thiophene rings is 1. The minimum atomic E-state index is -3.96. The van der Waals surface area contributed by atoms with E-state index in [1.54, 1.807) is 0 Å². The zero-order valence-corrected chi connectivity index (χ0v) is 12.5. The van der Waals surface area contributed by atoms with Crippen molar-refractivity contribution in [3.63, 3.8) is 0 Å². The molecule has 2 aromatic heterocycles. The highest BCUT2D eigenvalue weighted by Crippen LogP contribution is 2.21. The van der Waals surface area contributed by atoms with Gasteiger partial charge in [-0.1, -0.05) is 0 Å². The predicted octanol–water partition coefficient (Wildman–Crippen LogP) is 1.30. The Morgan fingerprint density at radius 1 is 1.55 bits per heavy atom. The van der Waals surface area contributed by atoms with Crippen molar-refractivity contribution in [1.29, 1.82) is 0 Å². The van der Waals surface area contributed by atoms with E-state index in [-0.39, 0.29) is 17.8 Å². The van der Waals surface area contributed by atoms with Gasteiger partial charge in [-0.05, 0) is 29.3 Å². The van der Waals surface area contributed by atoms with E-state index in [4.69, 9.17) is 5.11 Å². The number of nitrogens with one attached hydrogen (secondary N) is 1. The van der Waals surface area contributed by atoms with Gasteiger partial charge >= 0.3 is 5.97 Å². The van der Waals surface area contributed by atoms with Gasteiger partial charge in [-0.3, -0.25) is 5.10 Å². The van der Waals surface area contributed by atoms with Gasteiger partial charge < -0.3 is 5.11 Å². The molecule has 108 valence electrons. The van der Waals surface area contributed by atoms with E-state index in [0.29, 0.717) is 0 Å². The van der Waals surface area contributed by atoms with Crippen molar-refractivity contribution >= 4 is 27.3 Å². The van der Waals surface area contributed by atoms with Crippen LogP contribution in [0.4, 0.5) is 0 Å². The highest BCUT2D eigenvalue weighted by atomic mass is 32.2. The summed E-state index contributed by atoms with van der Waals surface area (Å²) >= 11 is 1.46. The second kappa shape index (κ2) is 5.35. The fourth-order valence-corrected chi connectivity index (χ4v) is 3.65. The first-order chi connectivity index (χ1) is 9.34. The molecule has 0 aliphatic heterocycles. The topological polar surface area (TPSA) is 103 Å². The first-order valence-electron chi connectivity index (χ1n) is 5.59. The minimum Gasteiger partial charge on any atom is -0.478 e. The van der Waals surface area contributed by atoms with Gasteiger partial charge in [0.1, 0.15) is 5.56 Å². The number of aromatic nitrogens is 2. The number of nitrogens with zero attached hydrogens (tertiary/aromatic N) is 2. The molecule has 0 unspecified atom stereocenters. The van der Waals surface area contributed by atoms with Crippen LogP contribution < -0.4 is 0 Å². The van der Waals surface area contributed by atoms with Crippen LogP contribution in [0.5, 0.6) is 0 Å². The minimum absolute atomic E-state index is 0.163. The number of aromatic amines is 1. The van der Waals surface area contributed by atoms with E-state index in [0.717, 1.165) is 9.87 Å². The van der Waals surface area contributed by atoms with Crippen molar-refractivity contribution in [2.24, 2.45) is 0 Å². The molecule has 0 aliphatic rings. The van der Waals surface area contributed by atoms with Gasteiger partial charge in [0.25, 0.3) is 10.0 Å². The molecule has 0 spiro atoms. The number of hydrogen-bond donors (Lipinski definition) is 2. The molecule has 0 fully saturated rings. The molecule has 2 heterocycles. The Balaban J connectivity index is 2.38. The first kappa shape index (κ1) is 14.7. The maximum absolute atomic E-state index is 12.4. The van der Waals surface area contributed by atoms with Gasteiger partial charge in [-0.25, -0.2) is 13.2 Å². The largest absolute Gasteiger partial charge is 0.478 e. The lowest BCUT2D eigenvalue weighted by atomic mass is 10.3. The maximum Gasteiger partial charge on any atom is 0.340 e. The molecule has 7 nitrogen and oxygen atoms in total. The lowest BCUT2D eigenvalue weighted by Gasteiger charge is -2.15. The summed E-state index contributed by atoms with van der Waals surface area (Å²) in [4.78, 5) is 11.1. The van der Waals surface area contributed by atoms with Crippen molar-refractivity contribution in [2.75, 3.05) is 7.05 Å². The number of hydrogen-bond acceptors (Lipinski definition) is 5. The van der Waals surface area contributed by atoms with Gasteiger partial charge in [0.2, 0.25) is 5.03 Å². The molecule has 0 aromatic carbocycles. The molecule has 0 saturated heterocycles. The van der Waals surface area contributed by atoms with Crippen LogP contribution in [0.3, 0.4) is 0 Å². The monoisotopic (exact) mass is 315 g/mol. The third-order valence-electron chi connectivity index (χ3n) is 2.77. The summed E-state index contributed by atoms with van der Waals surface area (Å²) in [7, 11) is -2.56. The van der Waals surface area contributed by atoms with Crippen molar-refractivity contribution in [2.45, 2.75) is 18.5 Å². The summed E-state index contributed by atoms with van der Waals surface area (Å²) in [6.07, 6.45) is 0. The Labute approximate surface area is 119 Å². The molecular formula is C11H13N3O4S2. The maximum atomic E-state index is 12.4. The summed E-state index contributed by atoms with van der Waals surface area (Å²) in [5, 5.41) is 18.3. The van der Waals surface area contributed by atoms with Crippen LogP contribution in [-0.4, -0.2) is 41.0 Å². The van der Waals surface area contributed by atoms with Crippen LogP contribution in [0.15, 0.2) is 21.9 Å². The summed E-state index contributed by atoms with van der Waals surface area (Å²) in [5.41, 5.74) is 0.729. The smallest absolute Gasteiger partial charge is 0.340 e. The highest BCUT2D eigenvalue weighted by Gasteiger charge is 2.31. The van der Waals surface area contributed by atoms with E-state index in [1.165, 1.54) is 25.3 Å². The number of aryl methyl sites for hydroxylation is 1. The average Bonchev–Trinajstić information content (AvgIpc) is 2.98. The number of H-pyrrole nitrogens is 1. The van der Waals surface area contributed by atoms with Crippen LogP contribution in [0.2, 0.25) is 0 Å². The van der Waals surface area contributed by atoms with Crippen LogP contribution in [-0.2, 0) is 16.6 Å². The second-order valence-electron chi connectivity index (χ2n) is 4.23. The number of carbonyl (C=O) groups is 1. The molecule has 2 aromatic rings. The zero-order valence-electron chi connectivity index (χ0n) is 10.8. The Bertz CT molecular complexity index is 719. The third kappa shape index (κ3) is 2.60. The fourth-order valence-electron chi connectivity index (χ4n) is 1.72. The molecule has 0 amide bonds. The van der Waals surface area contributed by atoms with Crippen molar-refractivity contribution in [3.05, 3.63) is 33.6 Å². The lowest BCUT2D eigenvalue weighted by Crippen LogP contribution is -2.28. The number of carboxylic acids is 1. The molecular weight excluding hydrogens is 302 g/mol. The third-order valence-corrected chi connectivity index (χ3v) is 5.23. The van der Waals surface area contributed by atoms with Crippen LogP contribution >= 0.6 is 11.3 Å². The number of sulfonamides is 1. The highest BCUT2D eigenvalue weighted by molar-refractivity contribution is 7.89. The van der Waals surface area contributed by atoms with E-state index < -0.39 is 21.0 Å². The Morgan fingerprint density at radius 3 is 2.80 bits per heavy atom. The predicted molar refractivity (Wildman–Crippen MR) is 73.3 cm³/mol. The van der Waals surface area contributed by atoms with E-state index in [2.05, 4.69) is 10.2 Å². The Morgan fingerprint density at radius 2 is 2.25 bits per heavy atom. The molecule has 0 bridgehead atoms. The van der Waals surface area contributed by atoms with E-state index in [1.807, 2.05) is 16.8 Å². The zero-order chi connectivity index (χ0) is 14.9. The molecule has 2 rings (SSSR count). The van der Waals surface area contributed by atoms with E-state index >= 15 is 0 Å². The molecule has 9 heteroatoms. The second-order valence-corrected chi connectivity index (χ2v) is 6.97. The first-order valence-corrected chi connectivity index (χ1v) is 7.98. The number of aromatic carboxylic acids is 1. The summed E-state index contributed by atoms with van der Waals surface area (Å²) < 4.78 is 25.8. The van der Waals surface area contributed by atoms with Gasteiger partial charge in [0.05, 0.1) is 0 Å². The number of rotatable bonds is 5. The van der Waals surface area contributed by atoms with Gasteiger partial charge in [-0.2, -0.15) is 20.7 Å². The molecule has 0 aliphatic carbocycles. The summed E-state index contributed by atoms with van der Waals surface area (Å²) in [6.45, 7) is 1.63. The fraction of sp³-hybridized carbons (Fsp3) is 0.273. The molecule has 0 radical (unpaired) electrons. The van der Waals surface area contributed by atoms with Crippen molar-refractivity contribution in [1.82, 2.24) is 14.5 Å². The van der Waals surface area contributed by atoms with Crippen molar-refractivity contribution < 1.29 is 18.3 Å². The molecule has 20 heavy (non-hydrogen) atoms. The van der Waals surface area contributed by atoms with Crippen molar-refractivity contribution in [3.8, 4) is 0 Å². The van der Waals surface area contributed by atoms with Gasteiger partial charge in [0, 0.05) is 19.3 Å². The standard InChI is InChI=1S/C11H13N3O4S2/c1-7-9(11(15)16)10(13-12-7)20(17,18)14(2)5-8-3-4-19-6-8/h3-4,6H,5H2,1-2H3,(H,12,13)(H,15,16). The normalized spacial score (nSPS) is 11.9. The average molecular weight is 315 g/mol. The van der Waals surface area contributed by atoms with E-state index in [9.17, 15) is 13.2 Å².